The van der Waals surface area contributed by atoms with Crippen molar-refractivity contribution in [3.05, 3.63) is 29.6 Å². The number of nitrogens with zero attached hydrogens (tertiary/aromatic N) is 1. The van der Waals surface area contributed by atoms with Crippen LogP contribution in [0.15, 0.2) is 18.2 Å². The van der Waals surface area contributed by atoms with Gasteiger partial charge in [0.15, 0.2) is 0 Å². The molecule has 0 saturated carbocycles. The lowest BCUT2D eigenvalue weighted by molar-refractivity contribution is -0.124. The molecule has 1 aromatic rings. The van der Waals surface area contributed by atoms with Crippen molar-refractivity contribution in [1.82, 2.24) is 10.3 Å². The lowest BCUT2D eigenvalue weighted by Crippen LogP contribution is -2.27. The Morgan fingerprint density at radius 1 is 1.50 bits per heavy atom. The van der Waals surface area contributed by atoms with Gasteiger partial charge in [0.25, 0.3) is 0 Å². The fourth-order valence-corrected chi connectivity index (χ4v) is 1.08. The van der Waals surface area contributed by atoms with Crippen LogP contribution in [0.4, 0.5) is 0 Å². The highest BCUT2D eigenvalue weighted by Crippen LogP contribution is 1.98. The zero-order valence-electron chi connectivity index (χ0n) is 8.87. The van der Waals surface area contributed by atoms with Crippen LogP contribution in [0, 0.1) is 12.8 Å². The number of rotatable bonds is 3. The van der Waals surface area contributed by atoms with Gasteiger partial charge in [0.05, 0.1) is 12.2 Å². The Hall–Kier alpha value is -1.38. The monoisotopic (exact) mass is 192 g/mol. The molecule has 0 aliphatic rings. The summed E-state index contributed by atoms with van der Waals surface area (Å²) in [7, 11) is 0. The highest BCUT2D eigenvalue weighted by atomic mass is 16.1. The summed E-state index contributed by atoms with van der Waals surface area (Å²) < 4.78 is 0. The van der Waals surface area contributed by atoms with E-state index in [9.17, 15) is 4.79 Å². The second-order valence-corrected chi connectivity index (χ2v) is 3.64. The van der Waals surface area contributed by atoms with Crippen molar-refractivity contribution < 1.29 is 4.79 Å². The molecule has 0 spiro atoms. The van der Waals surface area contributed by atoms with E-state index in [4.69, 9.17) is 0 Å². The molecule has 1 N–H and O–H groups in total. The summed E-state index contributed by atoms with van der Waals surface area (Å²) in [5, 5.41) is 2.82. The largest absolute Gasteiger partial charge is 0.350 e. The van der Waals surface area contributed by atoms with Crippen molar-refractivity contribution in [3.8, 4) is 0 Å². The van der Waals surface area contributed by atoms with Crippen LogP contribution in [0.3, 0.4) is 0 Å². The van der Waals surface area contributed by atoms with E-state index < -0.39 is 0 Å². The summed E-state index contributed by atoms with van der Waals surface area (Å²) in [6.45, 7) is 6.20. The number of amides is 1. The van der Waals surface area contributed by atoms with Gasteiger partial charge < -0.3 is 5.32 Å². The van der Waals surface area contributed by atoms with Crippen LogP contribution in [-0.2, 0) is 11.3 Å². The first-order valence-corrected chi connectivity index (χ1v) is 4.80. The molecule has 0 saturated heterocycles. The first-order chi connectivity index (χ1) is 6.59. The molecule has 1 aromatic heterocycles. The van der Waals surface area contributed by atoms with E-state index in [0.717, 1.165) is 11.4 Å². The van der Waals surface area contributed by atoms with Crippen LogP contribution >= 0.6 is 0 Å². The molecular formula is C11H16N2O. The van der Waals surface area contributed by atoms with Gasteiger partial charge in [-0.25, -0.2) is 0 Å². The second kappa shape index (κ2) is 4.74. The van der Waals surface area contributed by atoms with Crippen LogP contribution in [0.25, 0.3) is 0 Å². The molecule has 1 rings (SSSR count). The molecular weight excluding hydrogens is 176 g/mol. The Bertz CT molecular complexity index is 321. The normalized spacial score (nSPS) is 10.3. The maximum absolute atomic E-state index is 11.3. The number of hydrogen-bond acceptors (Lipinski definition) is 2. The summed E-state index contributed by atoms with van der Waals surface area (Å²) >= 11 is 0. The zero-order valence-corrected chi connectivity index (χ0v) is 8.87. The molecule has 0 aromatic carbocycles. The quantitative estimate of drug-likeness (QED) is 0.791. The Balaban J connectivity index is 2.50. The van der Waals surface area contributed by atoms with E-state index >= 15 is 0 Å². The first kappa shape index (κ1) is 10.7. The molecule has 14 heavy (non-hydrogen) atoms. The maximum Gasteiger partial charge on any atom is 0.222 e. The molecule has 1 heterocycles. The number of nitrogens with one attached hydrogen (secondary N) is 1. The third kappa shape index (κ3) is 3.17. The molecule has 0 radical (unpaired) electrons. The summed E-state index contributed by atoms with van der Waals surface area (Å²) in [4.78, 5) is 15.6. The molecule has 0 bridgehead atoms. The van der Waals surface area contributed by atoms with E-state index in [-0.39, 0.29) is 11.8 Å². The van der Waals surface area contributed by atoms with Gasteiger partial charge >= 0.3 is 0 Å². The van der Waals surface area contributed by atoms with Crippen LogP contribution in [0.5, 0.6) is 0 Å². The average Bonchev–Trinajstić information content (AvgIpc) is 2.14. The van der Waals surface area contributed by atoms with Crippen molar-refractivity contribution >= 4 is 5.91 Å². The maximum atomic E-state index is 11.3. The fourth-order valence-electron chi connectivity index (χ4n) is 1.08. The van der Waals surface area contributed by atoms with Gasteiger partial charge in [0.1, 0.15) is 0 Å². The SMILES string of the molecule is Cc1cccc(CNC(=O)C(C)C)n1. The van der Waals surface area contributed by atoms with Crippen LogP contribution in [0.1, 0.15) is 25.2 Å². The van der Waals surface area contributed by atoms with Crippen LogP contribution in [0.2, 0.25) is 0 Å². The summed E-state index contributed by atoms with van der Waals surface area (Å²) in [5.41, 5.74) is 1.88. The Labute approximate surface area is 84.6 Å². The summed E-state index contributed by atoms with van der Waals surface area (Å²) in [6.07, 6.45) is 0. The number of pyridine rings is 1. The minimum atomic E-state index is 0.0276. The van der Waals surface area contributed by atoms with Crippen molar-refractivity contribution in [2.75, 3.05) is 0 Å². The predicted molar refractivity (Wildman–Crippen MR) is 55.7 cm³/mol. The van der Waals surface area contributed by atoms with Gasteiger partial charge in [-0.1, -0.05) is 19.9 Å². The van der Waals surface area contributed by atoms with Crippen molar-refractivity contribution in [1.29, 1.82) is 0 Å². The zero-order chi connectivity index (χ0) is 10.6. The molecule has 1 amide bonds. The van der Waals surface area contributed by atoms with Crippen molar-refractivity contribution in [2.45, 2.75) is 27.3 Å². The van der Waals surface area contributed by atoms with Gasteiger partial charge in [0, 0.05) is 11.6 Å². The highest BCUT2D eigenvalue weighted by molar-refractivity contribution is 5.77. The van der Waals surface area contributed by atoms with Gasteiger partial charge in [0.2, 0.25) is 5.91 Å². The molecule has 3 nitrogen and oxygen atoms in total. The van der Waals surface area contributed by atoms with Gasteiger partial charge in [-0.3, -0.25) is 9.78 Å². The molecule has 0 unspecified atom stereocenters. The van der Waals surface area contributed by atoms with Crippen LogP contribution < -0.4 is 5.32 Å². The van der Waals surface area contributed by atoms with E-state index in [0.29, 0.717) is 6.54 Å². The lowest BCUT2D eigenvalue weighted by atomic mass is 10.2. The highest BCUT2D eigenvalue weighted by Gasteiger charge is 2.05. The lowest BCUT2D eigenvalue weighted by Gasteiger charge is -2.07. The Kier molecular flexibility index (Phi) is 3.63. The smallest absolute Gasteiger partial charge is 0.222 e. The Morgan fingerprint density at radius 2 is 2.21 bits per heavy atom. The van der Waals surface area contributed by atoms with Gasteiger partial charge in [-0.05, 0) is 19.1 Å². The number of aryl methyl sites for hydroxylation is 1. The first-order valence-electron chi connectivity index (χ1n) is 4.80. The number of carbonyl (C=O) groups is 1. The molecule has 3 heteroatoms. The standard InChI is InChI=1S/C11H16N2O/c1-8(2)11(14)12-7-10-6-4-5-9(3)13-10/h4-6,8H,7H2,1-3H3,(H,12,14). The van der Waals surface area contributed by atoms with Crippen molar-refractivity contribution in [3.63, 3.8) is 0 Å². The van der Waals surface area contributed by atoms with Gasteiger partial charge in [-0.15, -0.1) is 0 Å². The molecule has 76 valence electrons. The average molecular weight is 192 g/mol. The number of hydrogen-bond donors (Lipinski definition) is 1. The van der Waals surface area contributed by atoms with Crippen LogP contribution in [-0.4, -0.2) is 10.9 Å². The molecule has 0 fully saturated rings. The number of aromatic nitrogens is 1. The van der Waals surface area contributed by atoms with Crippen molar-refractivity contribution in [2.24, 2.45) is 5.92 Å². The summed E-state index contributed by atoms with van der Waals surface area (Å²) in [6, 6.07) is 5.79. The number of carbonyl (C=O) groups excluding carboxylic acids is 1. The Morgan fingerprint density at radius 3 is 2.79 bits per heavy atom. The molecule has 0 atom stereocenters. The second-order valence-electron chi connectivity index (χ2n) is 3.64. The third-order valence-electron chi connectivity index (χ3n) is 1.91. The minimum Gasteiger partial charge on any atom is -0.350 e. The van der Waals surface area contributed by atoms with Gasteiger partial charge in [-0.2, -0.15) is 0 Å². The topological polar surface area (TPSA) is 42.0 Å². The third-order valence-corrected chi connectivity index (χ3v) is 1.91. The summed E-state index contributed by atoms with van der Waals surface area (Å²) in [5.74, 6) is 0.0908. The fraction of sp³-hybridized carbons (Fsp3) is 0.455. The predicted octanol–water partition coefficient (Wildman–Crippen LogP) is 1.66. The van der Waals surface area contributed by atoms with E-state index in [1.54, 1.807) is 0 Å². The molecule has 0 aliphatic carbocycles. The van der Waals surface area contributed by atoms with E-state index in [2.05, 4.69) is 10.3 Å². The van der Waals surface area contributed by atoms with E-state index in [1.807, 2.05) is 39.0 Å². The minimum absolute atomic E-state index is 0.0276. The van der Waals surface area contributed by atoms with E-state index in [1.165, 1.54) is 0 Å². The molecule has 0 aliphatic heterocycles.